The van der Waals surface area contributed by atoms with E-state index in [9.17, 15) is 32.5 Å². The smallest absolute Gasteiger partial charge is 0.329 e. The van der Waals surface area contributed by atoms with Gasteiger partial charge in [-0.1, -0.05) is 12.1 Å². The molecule has 1 atom stereocenters. The normalized spacial score (nSPS) is 19.1. The van der Waals surface area contributed by atoms with Gasteiger partial charge in [0.2, 0.25) is 15.9 Å². The highest BCUT2D eigenvalue weighted by molar-refractivity contribution is 7.89. The maximum absolute atomic E-state index is 13.1. The number of rotatable bonds is 5. The van der Waals surface area contributed by atoms with Crippen LogP contribution in [0.3, 0.4) is 0 Å². The van der Waals surface area contributed by atoms with Crippen molar-refractivity contribution in [2.45, 2.75) is 17.4 Å². The molecule has 2 fully saturated rings. The maximum atomic E-state index is 13.1. The lowest BCUT2D eigenvalue weighted by molar-refractivity contribution is -0.134. The molecule has 2 heterocycles. The fourth-order valence-electron chi connectivity index (χ4n) is 3.91. The number of piperazine rings is 1. The quantitative estimate of drug-likeness (QED) is 0.630. The average Bonchev–Trinajstić information content (AvgIpc) is 3.12. The molecule has 1 N–H and O–H groups in total. The van der Waals surface area contributed by atoms with E-state index in [1.165, 1.54) is 39.5 Å². The van der Waals surface area contributed by atoms with Crippen LogP contribution >= 0.6 is 0 Å². The van der Waals surface area contributed by atoms with E-state index >= 15 is 0 Å². The maximum Gasteiger partial charge on any atom is 0.329 e. The lowest BCUT2D eigenvalue weighted by Crippen LogP contribution is -2.51. The van der Waals surface area contributed by atoms with Crippen LogP contribution in [0.1, 0.15) is 12.0 Å². The molecule has 0 radical (unpaired) electrons. The van der Waals surface area contributed by atoms with Crippen LogP contribution in [0.2, 0.25) is 0 Å². The van der Waals surface area contributed by atoms with Crippen LogP contribution in [0.15, 0.2) is 53.4 Å². The van der Waals surface area contributed by atoms with Gasteiger partial charge in [0.25, 0.3) is 5.91 Å². The van der Waals surface area contributed by atoms with E-state index in [-0.39, 0.29) is 48.7 Å². The van der Waals surface area contributed by atoms with E-state index in [1.54, 1.807) is 6.07 Å². The van der Waals surface area contributed by atoms with Crippen LogP contribution in [0.25, 0.3) is 0 Å². The summed E-state index contributed by atoms with van der Waals surface area (Å²) in [5.41, 5.74) is 0.234. The van der Waals surface area contributed by atoms with Crippen LogP contribution < -0.4 is 10.2 Å². The van der Waals surface area contributed by atoms with E-state index in [0.717, 1.165) is 17.0 Å². The third-order valence-corrected chi connectivity index (χ3v) is 7.66. The van der Waals surface area contributed by atoms with Gasteiger partial charge in [-0.25, -0.2) is 22.5 Å². The van der Waals surface area contributed by atoms with E-state index < -0.39 is 39.7 Å². The molecule has 2 aromatic rings. The van der Waals surface area contributed by atoms with Gasteiger partial charge in [0.05, 0.1) is 22.6 Å². The Balaban J connectivity index is 1.38. The summed E-state index contributed by atoms with van der Waals surface area (Å²) in [5.74, 6) is -1.55. The van der Waals surface area contributed by atoms with E-state index in [4.69, 9.17) is 0 Å². The number of carbonyl (C=O) groups is 3. The second kappa shape index (κ2) is 9.20. The summed E-state index contributed by atoms with van der Waals surface area (Å²) < 4.78 is 40.2. The van der Waals surface area contributed by atoms with Crippen LogP contribution in [0, 0.1) is 17.1 Å². The molecule has 176 valence electrons. The largest absolute Gasteiger partial charge is 0.340 e. The number of halogens is 1. The number of benzene rings is 2. The monoisotopic (exact) mass is 485 g/mol. The molecule has 34 heavy (non-hydrogen) atoms. The molecule has 2 aliphatic heterocycles. The summed E-state index contributed by atoms with van der Waals surface area (Å²) in [4.78, 5) is 39.9. The highest BCUT2D eigenvalue weighted by Crippen LogP contribution is 2.23. The second-order valence-corrected chi connectivity index (χ2v) is 9.66. The first-order valence-corrected chi connectivity index (χ1v) is 11.8. The molecule has 0 aromatic heterocycles. The Kier molecular flexibility index (Phi) is 6.32. The predicted molar refractivity (Wildman–Crippen MR) is 117 cm³/mol. The first kappa shape index (κ1) is 23.3. The standard InChI is InChI=1S/C22H20FN5O5S/c23-16-5-7-17(8-6-16)28-21(30)18(25-22(28)31)13-20(29)26-9-11-27(12-10-26)34(32,33)19-4-2-1-3-15(19)14-24/h1-8,18H,9-13H2,(H,25,31)/t18-/m0/s1. The number of urea groups is 1. The zero-order chi connectivity index (χ0) is 24.5. The van der Waals surface area contributed by atoms with E-state index in [0.29, 0.717) is 0 Å². The molecule has 10 nitrogen and oxygen atoms in total. The summed E-state index contributed by atoms with van der Waals surface area (Å²) in [7, 11) is -3.90. The second-order valence-electron chi connectivity index (χ2n) is 7.75. The first-order chi connectivity index (χ1) is 16.2. The first-order valence-electron chi connectivity index (χ1n) is 10.4. The summed E-state index contributed by atoms with van der Waals surface area (Å²) >= 11 is 0. The van der Waals surface area contributed by atoms with Crippen molar-refractivity contribution >= 4 is 33.6 Å². The summed E-state index contributed by atoms with van der Waals surface area (Å²) in [6, 6.07) is 10.8. The highest BCUT2D eigenvalue weighted by atomic mass is 32.2. The number of carbonyl (C=O) groups excluding carboxylic acids is 3. The van der Waals surface area contributed by atoms with E-state index in [1.807, 2.05) is 6.07 Å². The Hall–Kier alpha value is -3.82. The molecule has 0 bridgehead atoms. The molecule has 0 saturated carbocycles. The van der Waals surface area contributed by atoms with Crippen molar-refractivity contribution in [3.8, 4) is 6.07 Å². The van der Waals surface area contributed by atoms with Gasteiger partial charge < -0.3 is 10.2 Å². The summed E-state index contributed by atoms with van der Waals surface area (Å²) in [6.07, 6.45) is -0.285. The third-order valence-electron chi connectivity index (χ3n) is 5.70. The Morgan fingerprint density at radius 1 is 1.06 bits per heavy atom. The number of nitrogens with zero attached hydrogens (tertiary/aromatic N) is 4. The van der Waals surface area contributed by atoms with Gasteiger partial charge in [-0.3, -0.25) is 9.59 Å². The summed E-state index contributed by atoms with van der Waals surface area (Å²) in [6.45, 7) is 0.258. The summed E-state index contributed by atoms with van der Waals surface area (Å²) in [5, 5.41) is 11.7. The molecule has 2 aromatic carbocycles. The van der Waals surface area contributed by atoms with Crippen molar-refractivity contribution in [2.24, 2.45) is 0 Å². The Morgan fingerprint density at radius 2 is 1.71 bits per heavy atom. The van der Waals surface area contributed by atoms with Crippen LogP contribution in [-0.2, 0) is 19.6 Å². The molecule has 0 unspecified atom stereocenters. The molecular weight excluding hydrogens is 465 g/mol. The molecule has 2 aliphatic rings. The Bertz CT molecular complexity index is 1280. The fourth-order valence-corrected chi connectivity index (χ4v) is 5.47. The number of nitrogens with one attached hydrogen (secondary N) is 1. The number of imide groups is 1. The van der Waals surface area contributed by atoms with Crippen molar-refractivity contribution in [1.82, 2.24) is 14.5 Å². The highest BCUT2D eigenvalue weighted by Gasteiger charge is 2.41. The minimum absolute atomic E-state index is 0.0283. The van der Waals surface area contributed by atoms with Gasteiger partial charge in [-0.05, 0) is 36.4 Å². The van der Waals surface area contributed by atoms with Crippen molar-refractivity contribution < 1.29 is 27.2 Å². The SMILES string of the molecule is N#Cc1ccccc1S(=O)(=O)N1CCN(C(=O)C[C@@H]2NC(=O)N(c3ccc(F)cc3)C2=O)CC1. The minimum Gasteiger partial charge on any atom is -0.340 e. The molecule has 0 spiro atoms. The molecule has 4 rings (SSSR count). The molecule has 4 amide bonds. The van der Waals surface area contributed by atoms with Crippen molar-refractivity contribution in [3.63, 3.8) is 0 Å². The van der Waals surface area contributed by atoms with Crippen molar-refractivity contribution in [3.05, 3.63) is 59.9 Å². The van der Waals surface area contributed by atoms with E-state index in [2.05, 4.69) is 5.32 Å². The van der Waals surface area contributed by atoms with Crippen molar-refractivity contribution in [2.75, 3.05) is 31.1 Å². The minimum atomic E-state index is -3.90. The van der Waals surface area contributed by atoms with Gasteiger partial charge in [0.1, 0.15) is 17.9 Å². The molecule has 0 aliphatic carbocycles. The third kappa shape index (κ3) is 4.35. The van der Waals surface area contributed by atoms with Crippen LogP contribution in [0.5, 0.6) is 0 Å². The van der Waals surface area contributed by atoms with Gasteiger partial charge in [0, 0.05) is 26.2 Å². The molecular formula is C22H20FN5O5S. The number of amides is 4. The number of hydrogen-bond acceptors (Lipinski definition) is 6. The predicted octanol–water partition coefficient (Wildman–Crippen LogP) is 1.05. The van der Waals surface area contributed by atoms with Crippen LogP contribution in [0.4, 0.5) is 14.9 Å². The fraction of sp³-hybridized carbons (Fsp3) is 0.273. The Labute approximate surface area is 195 Å². The Morgan fingerprint density at radius 3 is 2.35 bits per heavy atom. The molecule has 2 saturated heterocycles. The number of anilines is 1. The molecule has 12 heteroatoms. The number of sulfonamides is 1. The number of hydrogen-bond donors (Lipinski definition) is 1. The lowest BCUT2D eigenvalue weighted by atomic mass is 10.1. The van der Waals surface area contributed by atoms with Crippen LogP contribution in [-0.4, -0.2) is 67.7 Å². The average molecular weight is 485 g/mol. The zero-order valence-electron chi connectivity index (χ0n) is 17.8. The number of nitriles is 1. The van der Waals surface area contributed by atoms with Crippen molar-refractivity contribution in [1.29, 1.82) is 5.26 Å². The van der Waals surface area contributed by atoms with Gasteiger partial charge in [0.15, 0.2) is 0 Å². The topological polar surface area (TPSA) is 131 Å². The van der Waals surface area contributed by atoms with Gasteiger partial charge in [-0.2, -0.15) is 9.57 Å². The zero-order valence-corrected chi connectivity index (χ0v) is 18.7. The lowest BCUT2D eigenvalue weighted by Gasteiger charge is -2.34. The van der Waals surface area contributed by atoms with Gasteiger partial charge >= 0.3 is 6.03 Å². The van der Waals surface area contributed by atoms with Gasteiger partial charge in [-0.15, -0.1) is 0 Å².